The molecule has 2 fully saturated rings. The lowest BCUT2D eigenvalue weighted by molar-refractivity contribution is 0.599. The molecule has 25 heavy (non-hydrogen) atoms. The summed E-state index contributed by atoms with van der Waals surface area (Å²) in [7, 11) is -2.90. The molecule has 1 aromatic heterocycles. The van der Waals surface area contributed by atoms with Crippen molar-refractivity contribution in [2.45, 2.75) is 38.8 Å². The van der Waals surface area contributed by atoms with Crippen LogP contribution in [-0.4, -0.2) is 56.5 Å². The number of nitrogens with zero attached hydrogens (tertiary/aromatic N) is 3. The number of rotatable bonds is 5. The Bertz CT molecular complexity index is 696. The van der Waals surface area contributed by atoms with Crippen molar-refractivity contribution < 1.29 is 8.42 Å². The smallest absolute Gasteiger partial charge is 0.191 e. The normalized spacial score (nSPS) is 23.0. The zero-order valence-corrected chi connectivity index (χ0v) is 15.6. The first-order valence-corrected chi connectivity index (χ1v) is 10.8. The van der Waals surface area contributed by atoms with Crippen LogP contribution in [0.1, 0.15) is 31.7 Å². The van der Waals surface area contributed by atoms with Gasteiger partial charge in [0.2, 0.25) is 0 Å². The summed E-state index contributed by atoms with van der Waals surface area (Å²) in [4.78, 5) is 11.4. The Balaban J connectivity index is 1.59. The highest BCUT2D eigenvalue weighted by atomic mass is 32.2. The van der Waals surface area contributed by atoms with Gasteiger partial charge in [0.1, 0.15) is 5.82 Å². The summed E-state index contributed by atoms with van der Waals surface area (Å²) in [5.74, 6) is 2.13. The summed E-state index contributed by atoms with van der Waals surface area (Å²) < 4.78 is 23.2. The van der Waals surface area contributed by atoms with Gasteiger partial charge in [-0.05, 0) is 37.8 Å². The molecular weight excluding hydrogens is 338 g/mol. The molecule has 1 unspecified atom stereocenters. The fourth-order valence-corrected chi connectivity index (χ4v) is 4.91. The molecule has 7 nitrogen and oxygen atoms in total. The Morgan fingerprint density at radius 2 is 2.16 bits per heavy atom. The van der Waals surface area contributed by atoms with E-state index in [4.69, 9.17) is 0 Å². The van der Waals surface area contributed by atoms with Crippen molar-refractivity contribution >= 4 is 21.6 Å². The number of hydrogen-bond acceptors (Lipinski definition) is 5. The molecule has 0 aliphatic carbocycles. The molecular formula is C17H27N5O2S. The van der Waals surface area contributed by atoms with E-state index < -0.39 is 9.84 Å². The van der Waals surface area contributed by atoms with Gasteiger partial charge < -0.3 is 15.5 Å². The number of aliphatic imine (C=N–C) groups is 1. The fraction of sp³-hybridized carbons (Fsp3) is 0.647. The lowest BCUT2D eigenvalue weighted by Crippen LogP contribution is -2.44. The molecule has 8 heteroatoms. The van der Waals surface area contributed by atoms with Crippen molar-refractivity contribution in [3.05, 3.63) is 23.9 Å². The molecule has 0 aromatic carbocycles. The summed E-state index contributed by atoms with van der Waals surface area (Å²) in [6.07, 6.45) is 4.99. The van der Waals surface area contributed by atoms with Crippen LogP contribution >= 0.6 is 0 Å². The van der Waals surface area contributed by atoms with Gasteiger partial charge in [0.15, 0.2) is 15.8 Å². The quantitative estimate of drug-likeness (QED) is 0.596. The lowest BCUT2D eigenvalue weighted by Gasteiger charge is -2.17. The van der Waals surface area contributed by atoms with Gasteiger partial charge >= 0.3 is 0 Å². The predicted molar refractivity (Wildman–Crippen MR) is 101 cm³/mol. The van der Waals surface area contributed by atoms with Crippen molar-refractivity contribution in [1.82, 2.24) is 15.6 Å². The first-order chi connectivity index (χ1) is 12.1. The highest BCUT2D eigenvalue weighted by Gasteiger charge is 2.28. The van der Waals surface area contributed by atoms with Crippen LogP contribution in [0.15, 0.2) is 23.3 Å². The molecule has 138 valence electrons. The minimum absolute atomic E-state index is 0.0570. The third kappa shape index (κ3) is 5.07. The molecule has 0 bridgehead atoms. The van der Waals surface area contributed by atoms with Crippen LogP contribution in [0.2, 0.25) is 0 Å². The molecule has 0 amide bonds. The average molecular weight is 366 g/mol. The SMILES string of the molecule is CCNC(=NCc1ccc(N2CCCC2)nc1)NC1CCS(=O)(=O)C1. The second-order valence-electron chi connectivity index (χ2n) is 6.66. The van der Waals surface area contributed by atoms with E-state index in [1.807, 2.05) is 13.1 Å². The van der Waals surface area contributed by atoms with Crippen LogP contribution in [0, 0.1) is 0 Å². The van der Waals surface area contributed by atoms with Crippen LogP contribution in [0.25, 0.3) is 0 Å². The predicted octanol–water partition coefficient (Wildman–Crippen LogP) is 0.924. The number of guanidine groups is 1. The van der Waals surface area contributed by atoms with Crippen LogP contribution in [0.5, 0.6) is 0 Å². The van der Waals surface area contributed by atoms with Gasteiger partial charge in [0, 0.05) is 31.9 Å². The maximum atomic E-state index is 11.6. The minimum Gasteiger partial charge on any atom is -0.357 e. The van der Waals surface area contributed by atoms with E-state index in [0.29, 0.717) is 18.9 Å². The fourth-order valence-electron chi connectivity index (χ4n) is 3.24. The standard InChI is InChI=1S/C17H27N5O2S/c1-2-18-17(21-15-7-10-25(23,24)13-15)20-12-14-5-6-16(19-11-14)22-8-3-4-9-22/h5-6,11,15H,2-4,7-10,12-13H2,1H3,(H2,18,20,21). The highest BCUT2D eigenvalue weighted by molar-refractivity contribution is 7.91. The van der Waals surface area contributed by atoms with Crippen LogP contribution in [-0.2, 0) is 16.4 Å². The summed E-state index contributed by atoms with van der Waals surface area (Å²) in [5, 5.41) is 6.41. The van der Waals surface area contributed by atoms with E-state index in [-0.39, 0.29) is 17.5 Å². The minimum atomic E-state index is -2.90. The van der Waals surface area contributed by atoms with Gasteiger partial charge in [-0.3, -0.25) is 0 Å². The lowest BCUT2D eigenvalue weighted by atomic mass is 10.2. The first kappa shape index (κ1) is 18.0. The maximum Gasteiger partial charge on any atom is 0.191 e. The van der Waals surface area contributed by atoms with Gasteiger partial charge in [-0.2, -0.15) is 0 Å². The molecule has 3 rings (SSSR count). The third-order valence-electron chi connectivity index (χ3n) is 4.58. The Labute approximate surface area is 149 Å². The van der Waals surface area contributed by atoms with Crippen LogP contribution < -0.4 is 15.5 Å². The molecule has 2 N–H and O–H groups in total. The van der Waals surface area contributed by atoms with Crippen molar-refractivity contribution in [3.8, 4) is 0 Å². The summed E-state index contributed by atoms with van der Waals surface area (Å²) in [6.45, 7) is 5.42. The topological polar surface area (TPSA) is 86.7 Å². The first-order valence-electron chi connectivity index (χ1n) is 9.01. The van der Waals surface area contributed by atoms with Gasteiger partial charge in [0.25, 0.3) is 0 Å². The van der Waals surface area contributed by atoms with E-state index in [0.717, 1.165) is 31.0 Å². The zero-order valence-electron chi connectivity index (χ0n) is 14.7. The van der Waals surface area contributed by atoms with Gasteiger partial charge in [0.05, 0.1) is 18.1 Å². The Morgan fingerprint density at radius 1 is 1.36 bits per heavy atom. The molecule has 1 aromatic rings. The largest absolute Gasteiger partial charge is 0.357 e. The monoisotopic (exact) mass is 365 g/mol. The Hall–Kier alpha value is -1.83. The highest BCUT2D eigenvalue weighted by Crippen LogP contribution is 2.17. The molecule has 2 saturated heterocycles. The Kier molecular flexibility index (Phi) is 5.78. The van der Waals surface area contributed by atoms with E-state index in [9.17, 15) is 8.42 Å². The van der Waals surface area contributed by atoms with E-state index in [2.05, 4.69) is 37.6 Å². The zero-order chi connectivity index (χ0) is 17.7. The van der Waals surface area contributed by atoms with Crippen LogP contribution in [0.3, 0.4) is 0 Å². The van der Waals surface area contributed by atoms with E-state index in [1.54, 1.807) is 0 Å². The number of pyridine rings is 1. The molecule has 2 aliphatic rings. The van der Waals surface area contributed by atoms with Crippen molar-refractivity contribution in [1.29, 1.82) is 0 Å². The van der Waals surface area contributed by atoms with Crippen LogP contribution in [0.4, 0.5) is 5.82 Å². The average Bonchev–Trinajstić information content (AvgIpc) is 3.23. The van der Waals surface area contributed by atoms with E-state index >= 15 is 0 Å². The third-order valence-corrected chi connectivity index (χ3v) is 6.34. The molecule has 1 atom stereocenters. The maximum absolute atomic E-state index is 11.6. The van der Waals surface area contributed by atoms with Gasteiger partial charge in [-0.25, -0.2) is 18.4 Å². The summed E-state index contributed by atoms with van der Waals surface area (Å²) >= 11 is 0. The molecule has 3 heterocycles. The summed E-state index contributed by atoms with van der Waals surface area (Å²) in [6, 6.07) is 4.06. The molecule has 0 radical (unpaired) electrons. The number of aromatic nitrogens is 1. The van der Waals surface area contributed by atoms with Crippen molar-refractivity contribution in [3.63, 3.8) is 0 Å². The molecule has 0 saturated carbocycles. The Morgan fingerprint density at radius 3 is 2.76 bits per heavy atom. The van der Waals surface area contributed by atoms with Crippen molar-refractivity contribution in [2.75, 3.05) is 36.0 Å². The van der Waals surface area contributed by atoms with Gasteiger partial charge in [-0.15, -0.1) is 0 Å². The van der Waals surface area contributed by atoms with Gasteiger partial charge in [-0.1, -0.05) is 6.07 Å². The number of anilines is 1. The number of nitrogens with one attached hydrogen (secondary N) is 2. The number of hydrogen-bond donors (Lipinski definition) is 2. The van der Waals surface area contributed by atoms with Crippen molar-refractivity contribution in [2.24, 2.45) is 4.99 Å². The second-order valence-corrected chi connectivity index (χ2v) is 8.89. The molecule has 2 aliphatic heterocycles. The van der Waals surface area contributed by atoms with E-state index in [1.165, 1.54) is 12.8 Å². The molecule has 0 spiro atoms. The number of sulfone groups is 1. The second kappa shape index (κ2) is 8.03. The summed E-state index contributed by atoms with van der Waals surface area (Å²) in [5.41, 5.74) is 1.04.